The molecule has 0 aromatic carbocycles. The number of hydrogen-bond donors (Lipinski definition) is 8. The van der Waals surface area contributed by atoms with Crippen LogP contribution in [0.1, 0.15) is 0 Å². The highest BCUT2D eigenvalue weighted by molar-refractivity contribution is 7.50. The fourth-order valence-corrected chi connectivity index (χ4v) is 7.98. The van der Waals surface area contributed by atoms with Gasteiger partial charge < -0.3 is 135 Å². The molecule has 0 aromatic rings. The largest absolute Gasteiger partial charge is 0.810 e. The molecule has 32 N–H and O–H groups in total. The lowest BCUT2D eigenvalue weighted by Gasteiger charge is -2.43. The van der Waals surface area contributed by atoms with Crippen molar-refractivity contribution in [1.82, 2.24) is 68.8 Å². The molecule has 0 aliphatic rings. The highest BCUT2D eigenvalue weighted by Gasteiger charge is 2.17. The maximum absolute atomic E-state index is 11.3. The molecule has 0 saturated carbocycles. The van der Waals surface area contributed by atoms with Crippen molar-refractivity contribution in [2.75, 3.05) is 77.0 Å². The van der Waals surface area contributed by atoms with E-state index in [2.05, 4.69) is 0 Å². The van der Waals surface area contributed by atoms with Gasteiger partial charge in [-0.05, 0) is 0 Å². The number of quaternary nitrogens is 8. The van der Waals surface area contributed by atoms with Gasteiger partial charge in [0.05, 0.1) is 0 Å². The molecule has 0 atom stereocenters. The average Bonchev–Trinajstić information content (AvgIpc) is 2.60. The minimum Gasteiger partial charge on any atom is -0.810 e. The van der Waals surface area contributed by atoms with E-state index in [0.717, 1.165) is 0 Å². The number of rotatable bonds is 21. The van der Waals surface area contributed by atoms with Crippen LogP contribution < -0.4 is 108 Å². The van der Waals surface area contributed by atoms with Crippen LogP contribution in [0.15, 0.2) is 0 Å². The van der Waals surface area contributed by atoms with Crippen molar-refractivity contribution in [2.24, 2.45) is 0 Å². The molecule has 48 heavy (non-hydrogen) atoms. The summed E-state index contributed by atoms with van der Waals surface area (Å²) in [5.41, 5.74) is 0. The van der Waals surface area contributed by atoms with Crippen molar-refractivity contribution in [1.29, 1.82) is 0 Å². The topological polar surface area (TPSA) is 684 Å². The molecule has 0 amide bonds. The third kappa shape index (κ3) is 46.4. The average molecular weight is 842 g/mol. The van der Waals surface area contributed by atoms with Crippen molar-refractivity contribution >= 4 is 45.6 Å². The van der Waals surface area contributed by atoms with Crippen molar-refractivity contribution in [3.05, 3.63) is 0 Å². The van der Waals surface area contributed by atoms with Crippen LogP contribution in [0.25, 0.3) is 0 Å². The van der Waals surface area contributed by atoms with Crippen LogP contribution in [-0.2, 0) is 27.4 Å². The third-order valence-corrected chi connectivity index (χ3v) is 8.92. The molecule has 0 fully saturated rings. The molecule has 0 heterocycles. The van der Waals surface area contributed by atoms with Gasteiger partial charge in [0.25, 0.3) is 0 Å². The molecule has 0 radical (unpaired) electrons. The van der Waals surface area contributed by atoms with Gasteiger partial charge in [-0.25, -0.2) is 0 Å². The zero-order valence-electron chi connectivity index (χ0n) is 28.3. The molecule has 0 aliphatic carbocycles. The van der Waals surface area contributed by atoms with Gasteiger partial charge in [-0.15, -0.1) is 0 Å². The second kappa shape index (κ2) is 28.0. The van der Waals surface area contributed by atoms with E-state index in [4.69, 9.17) is 0 Å². The minimum atomic E-state index is -5.42. The van der Waals surface area contributed by atoms with Crippen LogP contribution in [0.5, 0.6) is 0 Å². The monoisotopic (exact) mass is 842 g/mol. The molecule has 0 aromatic heterocycles. The van der Waals surface area contributed by atoms with Crippen molar-refractivity contribution < 1.29 is 86.1 Å². The van der Waals surface area contributed by atoms with Gasteiger partial charge in [0.1, 0.15) is 0 Å². The van der Waals surface area contributed by atoms with E-state index in [-0.39, 0.29) is 49.2 Å². The van der Waals surface area contributed by atoms with Crippen LogP contribution >= 0.6 is 45.6 Å². The first-order valence-corrected chi connectivity index (χ1v) is 20.8. The van der Waals surface area contributed by atoms with Gasteiger partial charge in [-0.2, -0.15) is 0 Å². The van der Waals surface area contributed by atoms with Crippen molar-refractivity contribution in [3.8, 4) is 0 Å². The predicted molar refractivity (Wildman–Crippen MR) is 159 cm³/mol. The lowest BCUT2D eigenvalue weighted by atomic mass is 10.4. The fourth-order valence-electron chi connectivity index (χ4n) is 3.20. The Morgan fingerprint density at radius 2 is 0.354 bits per heavy atom. The van der Waals surface area contributed by atoms with Gasteiger partial charge in [-0.3, -0.25) is 19.6 Å². The Labute approximate surface area is 277 Å². The third-order valence-electron chi connectivity index (χ3n) is 4.44. The summed E-state index contributed by atoms with van der Waals surface area (Å²) < 4.78 is 66.7. The maximum atomic E-state index is 11.3. The van der Waals surface area contributed by atoms with E-state index in [1.165, 1.54) is 0 Å². The van der Waals surface area contributed by atoms with Crippen LogP contribution in [-0.4, -0.2) is 96.6 Å². The number of hydrogen-bond acceptors (Lipinski definition) is 22. The molecular weight excluding hydrogens is 786 g/mol. The Balaban J connectivity index is -0.000000272. The maximum Gasteiger partial charge on any atom is 0.0264 e. The molecule has 0 aliphatic heterocycles. The second-order valence-electron chi connectivity index (χ2n) is 8.54. The zero-order valence-corrected chi connectivity index (χ0v) is 33.7. The highest BCUT2D eigenvalue weighted by atomic mass is 31.2. The Bertz CT molecular complexity index is 961. The number of nitrogens with zero attached hydrogens (tertiary/aromatic N) is 4. The van der Waals surface area contributed by atoms with E-state index in [0.29, 0.717) is 19.6 Å². The lowest BCUT2D eigenvalue weighted by Crippen LogP contribution is -2.46. The van der Waals surface area contributed by atoms with Crippen molar-refractivity contribution in [2.45, 2.75) is 0 Å². The second-order valence-corrected chi connectivity index (χ2v) is 17.6. The standard InChI is InChI=1S/C12H36N4O18P6.8H3N/c17-35(18,19)7-13(3-5-15(9-37(23,24)25)10-38(26,27)28)1-2-14(8-36(20,21)22)4-6-16(11-39(29,30)31)12-40(32,33)34;;;;;;;;/h1-12H2,(H2,17,18,19)(H2,20,21,22)(H2,23,24,25)(H2,26,27,28)(H2,29,30,31)(H2,32,33,34);8*1H3/p-4. The molecule has 306 valence electrons. The summed E-state index contributed by atoms with van der Waals surface area (Å²) in [5, 5.41) is 0. The van der Waals surface area contributed by atoms with E-state index >= 15 is 0 Å². The molecule has 0 saturated heterocycles. The van der Waals surface area contributed by atoms with E-state index < -0.39 is 123 Å². The Kier molecular flexibility index (Phi) is 40.9. The summed E-state index contributed by atoms with van der Waals surface area (Å²) in [6.07, 6.45) is -8.51. The summed E-state index contributed by atoms with van der Waals surface area (Å²) in [6, 6.07) is 0. The first-order valence-electron chi connectivity index (χ1n) is 10.5. The Morgan fingerprint density at radius 1 is 0.250 bits per heavy atom. The highest BCUT2D eigenvalue weighted by Crippen LogP contribution is 2.32. The van der Waals surface area contributed by atoms with Crippen LogP contribution in [0, 0.1) is 0 Å². The molecule has 0 bridgehead atoms. The van der Waals surface area contributed by atoms with Crippen LogP contribution in [0.2, 0.25) is 0 Å². The van der Waals surface area contributed by atoms with Gasteiger partial charge in [0.15, 0.2) is 0 Å². The van der Waals surface area contributed by atoms with Gasteiger partial charge in [0, 0.05) is 77.0 Å². The molecule has 0 rings (SSSR count). The van der Waals surface area contributed by atoms with Gasteiger partial charge in [-0.1, -0.05) is 45.6 Å². The van der Waals surface area contributed by atoms with E-state index in [1.54, 1.807) is 0 Å². The van der Waals surface area contributed by atoms with Gasteiger partial charge >= 0.3 is 0 Å². The first-order chi connectivity index (χ1) is 17.5. The normalized spacial score (nSPS) is 12.2. The van der Waals surface area contributed by atoms with E-state index in [1.807, 2.05) is 0 Å². The summed E-state index contributed by atoms with van der Waals surface area (Å²) in [6.45, 7) is -4.20. The first kappa shape index (κ1) is 70.1. The summed E-state index contributed by atoms with van der Waals surface area (Å²) in [7, 11) is -32.5. The lowest BCUT2D eigenvalue weighted by molar-refractivity contribution is -0.321. The van der Waals surface area contributed by atoms with Crippen LogP contribution in [0.4, 0.5) is 0 Å². The van der Waals surface area contributed by atoms with Gasteiger partial charge in [0.2, 0.25) is 0 Å². The quantitative estimate of drug-likeness (QED) is 0.0497. The van der Waals surface area contributed by atoms with Crippen molar-refractivity contribution in [3.63, 3.8) is 0 Å². The minimum absolute atomic E-state index is 0. The fraction of sp³-hybridized carbons (Fsp3) is 1.00. The summed E-state index contributed by atoms with van der Waals surface area (Å²) >= 11 is 0. The SMILES string of the molecule is O=P([O-])([O-])CN(CCN(CCN(CP(=O)([O-])[O-])CP(=O)([O-])[O-])CP(=O)([O-])[O-])CCN(CP(=O)([O-])[O-])CP(=O)([O-])[O-].[NH4+].[NH4+].[NH4+].[NH4+].[NH4+].[NH4+].[NH4+].[NH4+]. The van der Waals surface area contributed by atoms with E-state index in [9.17, 15) is 86.1 Å². The summed E-state index contributed by atoms with van der Waals surface area (Å²) in [4.78, 5) is 135. The predicted octanol–water partition coefficient (Wildman–Crippen LogP) is -7.57. The molecular formula is C12H56N12O18P6-4. The summed E-state index contributed by atoms with van der Waals surface area (Å²) in [5.74, 6) is 0. The molecule has 36 heteroatoms. The Morgan fingerprint density at radius 3 is 0.479 bits per heavy atom. The molecule has 0 unspecified atom stereocenters. The molecule has 30 nitrogen and oxygen atoms in total. The molecule has 0 spiro atoms. The zero-order chi connectivity index (χ0) is 31.8. The smallest absolute Gasteiger partial charge is 0.0264 e. The Hall–Kier alpha value is 0.420. The van der Waals surface area contributed by atoms with Crippen LogP contribution in [0.3, 0.4) is 0 Å².